The van der Waals surface area contributed by atoms with Crippen LogP contribution in [-0.2, 0) is 6.54 Å². The molecule has 0 aliphatic carbocycles. The van der Waals surface area contributed by atoms with Crippen LogP contribution >= 0.6 is 11.3 Å². The van der Waals surface area contributed by atoms with Crippen LogP contribution in [0, 0.1) is 0 Å². The molecule has 3 aromatic heterocycles. The lowest BCUT2D eigenvalue weighted by atomic mass is 10.4. The predicted octanol–water partition coefficient (Wildman–Crippen LogP) is 1.00. The Morgan fingerprint density at radius 2 is 2.38 bits per heavy atom. The highest BCUT2D eigenvalue weighted by Gasteiger charge is 2.03. The molecule has 16 heavy (non-hydrogen) atoms. The van der Waals surface area contributed by atoms with Crippen LogP contribution in [0.15, 0.2) is 41.2 Å². The summed E-state index contributed by atoms with van der Waals surface area (Å²) in [5.41, 5.74) is 0.799. The van der Waals surface area contributed by atoms with Crippen molar-refractivity contribution < 1.29 is 0 Å². The first kappa shape index (κ1) is 9.29. The van der Waals surface area contributed by atoms with Gasteiger partial charge in [-0.3, -0.25) is 13.8 Å². The Kier molecular flexibility index (Phi) is 2.07. The summed E-state index contributed by atoms with van der Waals surface area (Å²) in [6.07, 6.45) is 6.88. The molecule has 3 aromatic rings. The number of thiazole rings is 1. The Hall–Kier alpha value is -1.95. The summed E-state index contributed by atoms with van der Waals surface area (Å²) in [6, 6.07) is 1.44. The second kappa shape index (κ2) is 3.57. The molecule has 0 saturated carbocycles. The third-order valence-electron chi connectivity index (χ3n) is 2.27. The normalized spacial score (nSPS) is 11.0. The van der Waals surface area contributed by atoms with Crippen molar-refractivity contribution >= 4 is 16.3 Å². The molecule has 6 heteroatoms. The minimum Gasteiger partial charge on any atom is -0.297 e. The van der Waals surface area contributed by atoms with E-state index in [2.05, 4.69) is 9.97 Å². The zero-order chi connectivity index (χ0) is 11.0. The van der Waals surface area contributed by atoms with E-state index in [-0.39, 0.29) is 5.56 Å². The van der Waals surface area contributed by atoms with Crippen molar-refractivity contribution in [1.82, 2.24) is 18.9 Å². The molecule has 0 saturated heterocycles. The van der Waals surface area contributed by atoms with Gasteiger partial charge in [0.05, 0.1) is 18.6 Å². The standard InChI is InChI=1S/C10H8N4OS/c15-9-1-2-11-7-14(9)6-8-5-13-3-4-16-10(13)12-8/h1-5,7H,6H2. The van der Waals surface area contributed by atoms with Crippen LogP contribution in [0.4, 0.5) is 0 Å². The van der Waals surface area contributed by atoms with E-state index in [4.69, 9.17) is 0 Å². The quantitative estimate of drug-likeness (QED) is 0.662. The van der Waals surface area contributed by atoms with Gasteiger partial charge in [-0.15, -0.1) is 11.3 Å². The molecule has 0 bridgehead atoms. The first-order valence-electron chi connectivity index (χ1n) is 4.74. The third-order valence-corrected chi connectivity index (χ3v) is 3.04. The molecule has 0 spiro atoms. The molecule has 0 fully saturated rings. The van der Waals surface area contributed by atoms with Crippen LogP contribution in [0.25, 0.3) is 4.96 Å². The second-order valence-electron chi connectivity index (χ2n) is 3.37. The highest BCUT2D eigenvalue weighted by Crippen LogP contribution is 2.11. The van der Waals surface area contributed by atoms with E-state index in [0.717, 1.165) is 10.7 Å². The van der Waals surface area contributed by atoms with Crippen molar-refractivity contribution in [3.8, 4) is 0 Å². The van der Waals surface area contributed by atoms with Gasteiger partial charge in [0.1, 0.15) is 0 Å². The van der Waals surface area contributed by atoms with Gasteiger partial charge < -0.3 is 0 Å². The van der Waals surface area contributed by atoms with Crippen LogP contribution in [0.3, 0.4) is 0 Å². The van der Waals surface area contributed by atoms with Gasteiger partial charge in [0.2, 0.25) is 0 Å². The smallest absolute Gasteiger partial charge is 0.253 e. The SMILES string of the molecule is O=c1ccncn1Cc1cn2ccsc2n1. The Morgan fingerprint density at radius 1 is 1.44 bits per heavy atom. The van der Waals surface area contributed by atoms with Crippen LogP contribution in [0.1, 0.15) is 5.69 Å². The highest BCUT2D eigenvalue weighted by atomic mass is 32.1. The van der Waals surface area contributed by atoms with Gasteiger partial charge in [-0.25, -0.2) is 9.97 Å². The van der Waals surface area contributed by atoms with Gasteiger partial charge in [0, 0.05) is 30.0 Å². The fourth-order valence-corrected chi connectivity index (χ4v) is 2.24. The van der Waals surface area contributed by atoms with Gasteiger partial charge in [0.25, 0.3) is 5.56 Å². The van der Waals surface area contributed by atoms with Crippen molar-refractivity contribution in [2.75, 3.05) is 0 Å². The zero-order valence-corrected chi connectivity index (χ0v) is 9.09. The van der Waals surface area contributed by atoms with Crippen LogP contribution < -0.4 is 5.56 Å². The molecule has 0 aliphatic rings. The zero-order valence-electron chi connectivity index (χ0n) is 8.28. The molecule has 0 radical (unpaired) electrons. The van der Waals surface area contributed by atoms with Crippen molar-refractivity contribution in [3.05, 3.63) is 52.4 Å². The Morgan fingerprint density at radius 3 is 3.19 bits per heavy atom. The highest BCUT2D eigenvalue weighted by molar-refractivity contribution is 7.15. The van der Waals surface area contributed by atoms with Gasteiger partial charge in [-0.1, -0.05) is 0 Å². The molecule has 0 N–H and O–H groups in total. The van der Waals surface area contributed by atoms with Crippen molar-refractivity contribution in [2.24, 2.45) is 0 Å². The molecular weight excluding hydrogens is 224 g/mol. The van der Waals surface area contributed by atoms with Crippen molar-refractivity contribution in [1.29, 1.82) is 0 Å². The number of nitrogens with zero attached hydrogens (tertiary/aromatic N) is 4. The molecule has 80 valence electrons. The summed E-state index contributed by atoms with van der Waals surface area (Å²) in [5.74, 6) is 0. The Bertz CT molecular complexity index is 653. The first-order chi connectivity index (χ1) is 7.83. The summed E-state index contributed by atoms with van der Waals surface area (Å²) in [7, 11) is 0. The Labute approximate surface area is 94.6 Å². The summed E-state index contributed by atoms with van der Waals surface area (Å²) in [4.78, 5) is 20.7. The largest absolute Gasteiger partial charge is 0.297 e. The Balaban J connectivity index is 1.98. The van der Waals surface area contributed by atoms with Crippen LogP contribution in [0.5, 0.6) is 0 Å². The summed E-state index contributed by atoms with van der Waals surface area (Å²) in [5, 5.41) is 1.97. The third kappa shape index (κ3) is 1.53. The van der Waals surface area contributed by atoms with E-state index < -0.39 is 0 Å². The minimum absolute atomic E-state index is 0.0636. The predicted molar refractivity (Wildman–Crippen MR) is 60.7 cm³/mol. The lowest BCUT2D eigenvalue weighted by Crippen LogP contribution is -2.19. The average Bonchev–Trinajstić information content (AvgIpc) is 2.81. The topological polar surface area (TPSA) is 52.2 Å². The van der Waals surface area contributed by atoms with Crippen LogP contribution in [-0.4, -0.2) is 18.9 Å². The molecule has 0 aromatic carbocycles. The van der Waals surface area contributed by atoms with Gasteiger partial charge >= 0.3 is 0 Å². The molecule has 0 aliphatic heterocycles. The maximum absolute atomic E-state index is 11.5. The fourth-order valence-electron chi connectivity index (χ4n) is 1.52. The number of imidazole rings is 1. The number of rotatable bonds is 2. The monoisotopic (exact) mass is 232 g/mol. The maximum Gasteiger partial charge on any atom is 0.253 e. The van der Waals surface area contributed by atoms with Gasteiger partial charge in [0.15, 0.2) is 4.96 Å². The van der Waals surface area contributed by atoms with Crippen molar-refractivity contribution in [3.63, 3.8) is 0 Å². The fraction of sp³-hybridized carbons (Fsp3) is 0.100. The van der Waals surface area contributed by atoms with E-state index in [1.165, 1.54) is 23.2 Å². The number of hydrogen-bond acceptors (Lipinski definition) is 4. The second-order valence-corrected chi connectivity index (χ2v) is 4.24. The molecule has 0 atom stereocenters. The van der Waals surface area contributed by atoms with Gasteiger partial charge in [-0.05, 0) is 0 Å². The average molecular weight is 232 g/mol. The number of hydrogen-bond donors (Lipinski definition) is 0. The molecule has 0 unspecified atom stereocenters. The molecule has 3 rings (SSSR count). The number of fused-ring (bicyclic) bond motifs is 1. The number of aromatic nitrogens is 4. The molecule has 5 nitrogen and oxygen atoms in total. The maximum atomic E-state index is 11.5. The lowest BCUT2D eigenvalue weighted by Gasteiger charge is -1.99. The van der Waals surface area contributed by atoms with Gasteiger partial charge in [-0.2, -0.15) is 0 Å². The van der Waals surface area contributed by atoms with Crippen LogP contribution in [0.2, 0.25) is 0 Å². The van der Waals surface area contributed by atoms with E-state index in [1.807, 2.05) is 22.2 Å². The first-order valence-corrected chi connectivity index (χ1v) is 5.62. The van der Waals surface area contributed by atoms with E-state index in [0.29, 0.717) is 6.54 Å². The molecule has 0 amide bonds. The minimum atomic E-state index is -0.0636. The molecule has 3 heterocycles. The lowest BCUT2D eigenvalue weighted by molar-refractivity contribution is 0.723. The summed E-state index contributed by atoms with van der Waals surface area (Å²) < 4.78 is 3.48. The van der Waals surface area contributed by atoms with E-state index in [9.17, 15) is 4.79 Å². The van der Waals surface area contributed by atoms with E-state index in [1.54, 1.807) is 11.3 Å². The molecular formula is C10H8N4OS. The van der Waals surface area contributed by atoms with E-state index >= 15 is 0 Å². The summed E-state index contributed by atoms with van der Waals surface area (Å²) in [6.45, 7) is 0.459. The van der Waals surface area contributed by atoms with Crippen molar-refractivity contribution in [2.45, 2.75) is 6.54 Å². The summed E-state index contributed by atoms with van der Waals surface area (Å²) >= 11 is 1.57.